The Balaban J connectivity index is 2.56. The van der Waals surface area contributed by atoms with Crippen LogP contribution in [-0.4, -0.2) is 6.29 Å². The molecule has 0 atom stereocenters. The number of benzene rings is 1. The van der Waals surface area contributed by atoms with Crippen LogP contribution in [0.4, 0.5) is 0 Å². The van der Waals surface area contributed by atoms with Crippen molar-refractivity contribution in [1.29, 1.82) is 0 Å². The monoisotopic (exact) mass is 214 g/mol. The molecule has 0 aromatic heterocycles. The molecular formula is C10H8Cl2O. The molecule has 0 bridgehead atoms. The van der Waals surface area contributed by atoms with E-state index in [4.69, 9.17) is 23.2 Å². The van der Waals surface area contributed by atoms with Crippen LogP contribution in [0.15, 0.2) is 18.2 Å². The molecule has 1 saturated carbocycles. The molecule has 3 heteroatoms. The Bertz CT molecular complexity index is 336. The third kappa shape index (κ3) is 1.36. The van der Waals surface area contributed by atoms with Crippen molar-refractivity contribution in [3.05, 3.63) is 33.8 Å². The summed E-state index contributed by atoms with van der Waals surface area (Å²) in [6.07, 6.45) is 2.68. The maximum atomic E-state index is 10.9. The van der Waals surface area contributed by atoms with Crippen LogP contribution in [0.25, 0.3) is 0 Å². The Morgan fingerprint density at radius 3 is 2.15 bits per heavy atom. The fraction of sp³-hybridized carbons (Fsp3) is 0.300. The van der Waals surface area contributed by atoms with Gasteiger partial charge in [-0.2, -0.15) is 0 Å². The van der Waals surface area contributed by atoms with Gasteiger partial charge in [0.2, 0.25) is 0 Å². The minimum atomic E-state index is -0.380. The molecule has 0 N–H and O–H groups in total. The van der Waals surface area contributed by atoms with Crippen molar-refractivity contribution in [3.8, 4) is 0 Å². The first-order chi connectivity index (χ1) is 6.19. The minimum absolute atomic E-state index is 0.380. The van der Waals surface area contributed by atoms with Crippen LogP contribution in [0, 0.1) is 0 Å². The quantitative estimate of drug-likeness (QED) is 0.692. The van der Waals surface area contributed by atoms with Crippen LogP contribution in [0.1, 0.15) is 18.4 Å². The molecule has 0 radical (unpaired) electrons. The average Bonchev–Trinajstić information content (AvgIpc) is 2.85. The van der Waals surface area contributed by atoms with E-state index in [0.29, 0.717) is 10.0 Å². The zero-order valence-corrected chi connectivity index (χ0v) is 8.40. The van der Waals surface area contributed by atoms with E-state index >= 15 is 0 Å². The van der Waals surface area contributed by atoms with E-state index < -0.39 is 0 Å². The summed E-state index contributed by atoms with van der Waals surface area (Å²) in [5.41, 5.74) is 0.420. The van der Waals surface area contributed by atoms with Gasteiger partial charge in [0.25, 0.3) is 0 Å². The number of halogens is 2. The number of aldehydes is 1. The molecule has 0 amide bonds. The summed E-state index contributed by atoms with van der Waals surface area (Å²) in [5, 5.41) is 1.19. The Morgan fingerprint density at radius 2 is 1.77 bits per heavy atom. The SMILES string of the molecule is O=CC1(c2c(Cl)cccc2Cl)CC1. The first-order valence-corrected chi connectivity index (χ1v) is 4.86. The number of hydrogen-bond donors (Lipinski definition) is 0. The van der Waals surface area contributed by atoms with Crippen LogP contribution in [-0.2, 0) is 10.2 Å². The fourth-order valence-electron chi connectivity index (χ4n) is 1.53. The molecule has 68 valence electrons. The molecule has 1 aliphatic carbocycles. The number of hydrogen-bond acceptors (Lipinski definition) is 1. The van der Waals surface area contributed by atoms with Crippen LogP contribution in [0.2, 0.25) is 10.0 Å². The predicted molar refractivity (Wildman–Crippen MR) is 53.4 cm³/mol. The zero-order valence-electron chi connectivity index (χ0n) is 6.89. The topological polar surface area (TPSA) is 17.1 Å². The third-order valence-corrected chi connectivity index (χ3v) is 3.10. The first kappa shape index (κ1) is 9.04. The summed E-state index contributed by atoms with van der Waals surface area (Å²) in [7, 11) is 0. The number of carbonyl (C=O) groups is 1. The molecule has 13 heavy (non-hydrogen) atoms. The lowest BCUT2D eigenvalue weighted by molar-refractivity contribution is -0.109. The lowest BCUT2D eigenvalue weighted by atomic mass is 9.98. The average molecular weight is 215 g/mol. The molecule has 2 rings (SSSR count). The third-order valence-electron chi connectivity index (χ3n) is 2.47. The van der Waals surface area contributed by atoms with Crippen molar-refractivity contribution in [2.45, 2.75) is 18.3 Å². The van der Waals surface area contributed by atoms with Gasteiger partial charge < -0.3 is 4.79 Å². The molecule has 1 aromatic rings. The molecule has 0 unspecified atom stereocenters. The van der Waals surface area contributed by atoms with Crippen molar-refractivity contribution in [3.63, 3.8) is 0 Å². The molecule has 1 fully saturated rings. The summed E-state index contributed by atoms with van der Waals surface area (Å²) in [6.45, 7) is 0. The van der Waals surface area contributed by atoms with E-state index in [1.807, 2.05) is 0 Å². The van der Waals surface area contributed by atoms with Gasteiger partial charge in [0.1, 0.15) is 6.29 Å². The molecule has 0 spiro atoms. The summed E-state index contributed by atoms with van der Waals surface area (Å²) in [4.78, 5) is 10.9. The van der Waals surface area contributed by atoms with Gasteiger partial charge in [0, 0.05) is 15.6 Å². The van der Waals surface area contributed by atoms with E-state index in [1.54, 1.807) is 18.2 Å². The van der Waals surface area contributed by atoms with Gasteiger partial charge in [-0.15, -0.1) is 0 Å². The van der Waals surface area contributed by atoms with Crippen molar-refractivity contribution in [1.82, 2.24) is 0 Å². The highest BCUT2D eigenvalue weighted by molar-refractivity contribution is 6.36. The van der Waals surface area contributed by atoms with E-state index in [0.717, 1.165) is 24.7 Å². The van der Waals surface area contributed by atoms with Gasteiger partial charge in [0.15, 0.2) is 0 Å². The second kappa shape index (κ2) is 3.00. The number of rotatable bonds is 2. The van der Waals surface area contributed by atoms with Crippen molar-refractivity contribution >= 4 is 29.5 Å². The highest BCUT2D eigenvalue weighted by Gasteiger charge is 2.46. The van der Waals surface area contributed by atoms with Crippen LogP contribution < -0.4 is 0 Å². The Kier molecular flexibility index (Phi) is 2.09. The summed E-state index contributed by atoms with van der Waals surface area (Å²) in [6, 6.07) is 5.33. The Hall–Kier alpha value is -0.530. The molecule has 1 nitrogen and oxygen atoms in total. The lowest BCUT2D eigenvalue weighted by Crippen LogP contribution is -2.09. The highest BCUT2D eigenvalue weighted by atomic mass is 35.5. The molecule has 0 saturated heterocycles. The second-order valence-corrected chi connectivity index (χ2v) is 4.19. The van der Waals surface area contributed by atoms with Gasteiger partial charge >= 0.3 is 0 Å². The molecule has 0 heterocycles. The van der Waals surface area contributed by atoms with Gasteiger partial charge in [-0.25, -0.2) is 0 Å². The van der Waals surface area contributed by atoms with E-state index in [-0.39, 0.29) is 5.41 Å². The van der Waals surface area contributed by atoms with Crippen molar-refractivity contribution in [2.75, 3.05) is 0 Å². The van der Waals surface area contributed by atoms with Crippen LogP contribution in [0.3, 0.4) is 0 Å². The van der Waals surface area contributed by atoms with Crippen molar-refractivity contribution in [2.24, 2.45) is 0 Å². The number of carbonyl (C=O) groups excluding carboxylic acids is 1. The van der Waals surface area contributed by atoms with Gasteiger partial charge in [0.05, 0.1) is 5.41 Å². The fourth-order valence-corrected chi connectivity index (χ4v) is 2.31. The normalized spacial score (nSPS) is 18.3. The van der Waals surface area contributed by atoms with Gasteiger partial charge in [-0.1, -0.05) is 29.3 Å². The Morgan fingerprint density at radius 1 is 1.23 bits per heavy atom. The molecule has 1 aromatic carbocycles. The maximum Gasteiger partial charge on any atom is 0.130 e. The van der Waals surface area contributed by atoms with E-state index in [1.165, 1.54) is 0 Å². The molecular weight excluding hydrogens is 207 g/mol. The van der Waals surface area contributed by atoms with Gasteiger partial charge in [-0.3, -0.25) is 0 Å². The van der Waals surface area contributed by atoms with E-state index in [9.17, 15) is 4.79 Å². The largest absolute Gasteiger partial charge is 0.302 e. The smallest absolute Gasteiger partial charge is 0.130 e. The first-order valence-electron chi connectivity index (χ1n) is 4.10. The predicted octanol–water partition coefficient (Wildman–Crippen LogP) is 3.22. The second-order valence-electron chi connectivity index (χ2n) is 3.37. The maximum absolute atomic E-state index is 10.9. The standard InChI is InChI=1S/C10H8Cl2O/c11-7-2-1-3-8(12)9(7)10(6-13)4-5-10/h1-3,6H,4-5H2. The molecule has 1 aliphatic rings. The summed E-state index contributed by atoms with van der Waals surface area (Å²) in [5.74, 6) is 0. The summed E-state index contributed by atoms with van der Waals surface area (Å²) < 4.78 is 0. The summed E-state index contributed by atoms with van der Waals surface area (Å²) >= 11 is 12.0. The molecule has 0 aliphatic heterocycles. The Labute approximate surface area is 86.7 Å². The zero-order chi connectivity index (χ0) is 9.47. The lowest BCUT2D eigenvalue weighted by Gasteiger charge is -2.11. The van der Waals surface area contributed by atoms with Crippen molar-refractivity contribution < 1.29 is 4.79 Å². The minimum Gasteiger partial charge on any atom is -0.302 e. The van der Waals surface area contributed by atoms with E-state index in [2.05, 4.69) is 0 Å². The van der Waals surface area contributed by atoms with Crippen LogP contribution >= 0.6 is 23.2 Å². The van der Waals surface area contributed by atoms with Crippen LogP contribution in [0.5, 0.6) is 0 Å². The highest BCUT2D eigenvalue weighted by Crippen LogP contribution is 2.51. The van der Waals surface area contributed by atoms with Gasteiger partial charge in [-0.05, 0) is 25.0 Å².